The molecule has 0 radical (unpaired) electrons. The molecular formula is C24H25F5N6O3. The van der Waals surface area contributed by atoms with Gasteiger partial charge < -0.3 is 21.1 Å². The summed E-state index contributed by atoms with van der Waals surface area (Å²) in [5.74, 6) is -2.68. The van der Waals surface area contributed by atoms with Crippen LogP contribution in [0.15, 0.2) is 24.5 Å². The summed E-state index contributed by atoms with van der Waals surface area (Å²) in [6.45, 7) is 3.86. The average molecular weight is 540 g/mol. The van der Waals surface area contributed by atoms with E-state index in [-0.39, 0.29) is 41.9 Å². The van der Waals surface area contributed by atoms with Gasteiger partial charge in [-0.25, -0.2) is 18.3 Å². The Balaban J connectivity index is 1.66. The fourth-order valence-corrected chi connectivity index (χ4v) is 4.42. The monoisotopic (exact) mass is 540 g/mol. The number of nitrogen functional groups attached to an aromatic ring is 1. The number of hydrogen-bond acceptors (Lipinski definition) is 6. The van der Waals surface area contributed by atoms with Crippen LogP contribution in [0, 0.1) is 12.7 Å². The molecule has 4 N–H and O–H groups in total. The van der Waals surface area contributed by atoms with Crippen LogP contribution in [0.4, 0.5) is 27.8 Å². The lowest BCUT2D eigenvalue weighted by Gasteiger charge is -2.22. The third-order valence-corrected chi connectivity index (χ3v) is 6.22. The highest BCUT2D eigenvalue weighted by atomic mass is 19.4. The number of alkyl halides is 4. The summed E-state index contributed by atoms with van der Waals surface area (Å²) in [4.78, 5) is 30.2. The van der Waals surface area contributed by atoms with Crippen molar-refractivity contribution in [3.8, 4) is 11.3 Å². The predicted molar refractivity (Wildman–Crippen MR) is 126 cm³/mol. The van der Waals surface area contributed by atoms with Gasteiger partial charge in [0, 0.05) is 17.7 Å². The van der Waals surface area contributed by atoms with E-state index in [0.29, 0.717) is 6.07 Å². The molecule has 0 spiro atoms. The molecule has 14 heteroatoms. The minimum Gasteiger partial charge on any atom is -0.390 e. The second-order valence-electron chi connectivity index (χ2n) is 9.88. The van der Waals surface area contributed by atoms with Gasteiger partial charge in [0.05, 0.1) is 35.9 Å². The largest absolute Gasteiger partial charge is 0.418 e. The van der Waals surface area contributed by atoms with Gasteiger partial charge in [-0.15, -0.1) is 0 Å². The van der Waals surface area contributed by atoms with Gasteiger partial charge in [0.25, 0.3) is 5.91 Å². The van der Waals surface area contributed by atoms with Crippen LogP contribution in [0.1, 0.15) is 41.8 Å². The van der Waals surface area contributed by atoms with Crippen molar-refractivity contribution in [2.75, 3.05) is 18.8 Å². The molecule has 0 unspecified atom stereocenters. The number of anilines is 1. The molecule has 2 aromatic heterocycles. The number of nitrogens with two attached hydrogens (primary N) is 1. The first-order chi connectivity index (χ1) is 17.6. The van der Waals surface area contributed by atoms with E-state index in [1.54, 1.807) is 0 Å². The standard InChI is InChI=1S/C24H25F5N6O3/c1-11-4-15(25)13(18-6-14(24(27,28)29)20-21(30)31-10-32-35(18)20)5-12(11)22(37)33-17-9-34(8-16(17)26)19(36)7-23(2,3)38/h4-6,10,16-17,38H,7-9H2,1-3H3,(H,33,37)(H2,30,31,32)/t16-,17+/m0/s1. The van der Waals surface area contributed by atoms with E-state index >= 15 is 4.39 Å². The molecule has 9 nitrogen and oxygen atoms in total. The topological polar surface area (TPSA) is 126 Å². The predicted octanol–water partition coefficient (Wildman–Crippen LogP) is 2.88. The Morgan fingerprint density at radius 2 is 1.89 bits per heavy atom. The number of aromatic nitrogens is 3. The molecule has 1 aliphatic heterocycles. The van der Waals surface area contributed by atoms with E-state index in [4.69, 9.17) is 5.73 Å². The first-order valence-electron chi connectivity index (χ1n) is 11.5. The zero-order valence-corrected chi connectivity index (χ0v) is 20.6. The number of carbonyl (C=O) groups is 2. The fraction of sp³-hybridized carbons (Fsp3) is 0.417. The fourth-order valence-electron chi connectivity index (χ4n) is 4.42. The van der Waals surface area contributed by atoms with Gasteiger partial charge in [-0.2, -0.15) is 18.3 Å². The number of nitrogens with one attached hydrogen (secondary N) is 1. The Morgan fingerprint density at radius 1 is 1.21 bits per heavy atom. The number of aliphatic hydroxyl groups is 1. The lowest BCUT2D eigenvalue weighted by Crippen LogP contribution is -2.42. The van der Waals surface area contributed by atoms with E-state index in [9.17, 15) is 32.3 Å². The van der Waals surface area contributed by atoms with Gasteiger partial charge in [-0.05, 0) is 44.5 Å². The number of nitrogens with zero attached hydrogens (tertiary/aromatic N) is 4. The van der Waals surface area contributed by atoms with Crippen LogP contribution in [0.5, 0.6) is 0 Å². The zero-order valence-electron chi connectivity index (χ0n) is 20.6. The van der Waals surface area contributed by atoms with Gasteiger partial charge in [0.2, 0.25) is 5.91 Å². The first kappa shape index (κ1) is 27.2. The summed E-state index contributed by atoms with van der Waals surface area (Å²) < 4.78 is 71.5. The van der Waals surface area contributed by atoms with Crippen LogP contribution >= 0.6 is 0 Å². The molecule has 38 heavy (non-hydrogen) atoms. The number of fused-ring (bicyclic) bond motifs is 1. The van der Waals surface area contributed by atoms with Crippen molar-refractivity contribution in [3.63, 3.8) is 0 Å². The number of halogens is 5. The van der Waals surface area contributed by atoms with Crippen molar-refractivity contribution in [1.29, 1.82) is 0 Å². The highest BCUT2D eigenvalue weighted by Crippen LogP contribution is 2.39. The third-order valence-electron chi connectivity index (χ3n) is 6.22. The van der Waals surface area contributed by atoms with Gasteiger partial charge in [0.1, 0.15) is 23.8 Å². The van der Waals surface area contributed by atoms with Crippen LogP contribution in [0.25, 0.3) is 16.8 Å². The summed E-state index contributed by atoms with van der Waals surface area (Å²) in [6.07, 6.45) is -5.77. The van der Waals surface area contributed by atoms with Crippen molar-refractivity contribution in [2.24, 2.45) is 0 Å². The maximum atomic E-state index is 15.0. The van der Waals surface area contributed by atoms with E-state index in [2.05, 4.69) is 15.4 Å². The number of carbonyl (C=O) groups excluding carboxylic acids is 2. The molecule has 0 bridgehead atoms. The van der Waals surface area contributed by atoms with Crippen LogP contribution in [0.3, 0.4) is 0 Å². The van der Waals surface area contributed by atoms with Crippen LogP contribution in [-0.4, -0.2) is 67.3 Å². The zero-order chi connectivity index (χ0) is 28.2. The summed E-state index contributed by atoms with van der Waals surface area (Å²) in [5.41, 5.74) is 1.96. The average Bonchev–Trinajstić information content (AvgIpc) is 3.34. The number of benzene rings is 1. The number of likely N-dealkylation sites (tertiary alicyclic amines) is 1. The minimum absolute atomic E-state index is 0.111. The molecule has 1 saturated heterocycles. The molecule has 1 fully saturated rings. The highest BCUT2D eigenvalue weighted by Gasteiger charge is 2.39. The minimum atomic E-state index is -4.85. The molecule has 2 atom stereocenters. The second-order valence-corrected chi connectivity index (χ2v) is 9.88. The Bertz CT molecular complexity index is 1420. The molecule has 3 heterocycles. The lowest BCUT2D eigenvalue weighted by molar-refractivity contribution is -0.136. The van der Waals surface area contributed by atoms with Crippen LogP contribution in [-0.2, 0) is 11.0 Å². The maximum Gasteiger partial charge on any atom is 0.418 e. The Hall–Kier alpha value is -3.81. The van der Waals surface area contributed by atoms with E-state index in [0.717, 1.165) is 23.0 Å². The van der Waals surface area contributed by atoms with Gasteiger partial charge in [0.15, 0.2) is 5.82 Å². The van der Waals surface area contributed by atoms with Crippen LogP contribution in [0.2, 0.25) is 0 Å². The number of rotatable bonds is 5. The smallest absolute Gasteiger partial charge is 0.390 e. The van der Waals surface area contributed by atoms with Crippen molar-refractivity contribution < 1.29 is 36.6 Å². The van der Waals surface area contributed by atoms with E-state index in [1.165, 1.54) is 25.7 Å². The van der Waals surface area contributed by atoms with Gasteiger partial charge >= 0.3 is 6.18 Å². The van der Waals surface area contributed by atoms with Crippen molar-refractivity contribution >= 4 is 23.1 Å². The molecule has 4 rings (SSSR count). The van der Waals surface area contributed by atoms with Crippen molar-refractivity contribution in [3.05, 3.63) is 47.0 Å². The third kappa shape index (κ3) is 5.26. The van der Waals surface area contributed by atoms with Gasteiger partial charge in [-0.3, -0.25) is 9.59 Å². The number of aryl methyl sites for hydroxylation is 1. The molecule has 0 saturated carbocycles. The first-order valence-corrected chi connectivity index (χ1v) is 11.5. The molecular weight excluding hydrogens is 515 g/mol. The van der Waals surface area contributed by atoms with Gasteiger partial charge in [-0.1, -0.05) is 0 Å². The summed E-state index contributed by atoms with van der Waals surface area (Å²) in [6, 6.07) is 1.61. The Labute approximate surface area is 213 Å². The SMILES string of the molecule is Cc1cc(F)c(-c2cc(C(F)(F)F)c3c(N)ncnn23)cc1C(=O)N[C@@H]1CN(C(=O)CC(C)(C)O)C[C@@H]1F. The summed E-state index contributed by atoms with van der Waals surface area (Å²) in [7, 11) is 0. The molecule has 1 aliphatic rings. The maximum absolute atomic E-state index is 15.0. The number of amides is 2. The van der Waals surface area contributed by atoms with E-state index in [1.807, 2.05) is 0 Å². The summed E-state index contributed by atoms with van der Waals surface area (Å²) >= 11 is 0. The molecule has 2 amide bonds. The van der Waals surface area contributed by atoms with Crippen molar-refractivity contribution in [1.82, 2.24) is 24.8 Å². The van der Waals surface area contributed by atoms with Crippen LogP contribution < -0.4 is 11.1 Å². The van der Waals surface area contributed by atoms with Crippen molar-refractivity contribution in [2.45, 2.75) is 51.2 Å². The molecule has 204 valence electrons. The normalized spacial score (nSPS) is 18.3. The summed E-state index contributed by atoms with van der Waals surface area (Å²) in [5, 5.41) is 16.1. The second kappa shape index (κ2) is 9.49. The molecule has 0 aliphatic carbocycles. The highest BCUT2D eigenvalue weighted by molar-refractivity contribution is 5.97. The Kier molecular flexibility index (Phi) is 6.80. The Morgan fingerprint density at radius 3 is 2.53 bits per heavy atom. The lowest BCUT2D eigenvalue weighted by atomic mass is 10.0. The number of hydrogen-bond donors (Lipinski definition) is 3. The molecule has 3 aromatic rings. The van der Waals surface area contributed by atoms with E-state index < -0.39 is 58.5 Å². The quantitative estimate of drug-likeness (QED) is 0.428. The molecule has 1 aromatic carbocycles.